The lowest BCUT2D eigenvalue weighted by Crippen LogP contribution is -2.32. The number of benzene rings is 2. The van der Waals surface area contributed by atoms with Crippen LogP contribution in [-0.4, -0.2) is 16.9 Å². The second kappa shape index (κ2) is 7.21. The van der Waals surface area contributed by atoms with Crippen LogP contribution < -0.4 is 10.1 Å². The Hall–Kier alpha value is -2.89. The highest BCUT2D eigenvalue weighted by Gasteiger charge is 2.19. The first-order valence-corrected chi connectivity index (χ1v) is 6.87. The van der Waals surface area contributed by atoms with Crippen molar-refractivity contribution in [3.05, 3.63) is 64.7 Å². The summed E-state index contributed by atoms with van der Waals surface area (Å²) >= 11 is 0. The zero-order valence-electron chi connectivity index (χ0n) is 12.1. The molecule has 0 aromatic heterocycles. The fourth-order valence-corrected chi connectivity index (χ4v) is 1.91. The number of nitro groups is 1. The molecule has 0 saturated carbocycles. The first-order valence-electron chi connectivity index (χ1n) is 6.87. The van der Waals surface area contributed by atoms with E-state index in [-0.39, 0.29) is 11.6 Å². The molecule has 22 heavy (non-hydrogen) atoms. The Balaban J connectivity index is 2.06. The van der Waals surface area contributed by atoms with Gasteiger partial charge in [0, 0.05) is 17.8 Å². The summed E-state index contributed by atoms with van der Waals surface area (Å²) in [5.41, 5.74) is 0.295. The fraction of sp³-hybridized carbons (Fsp3) is 0.188. The lowest BCUT2D eigenvalue weighted by Gasteiger charge is -2.17. The van der Waals surface area contributed by atoms with Crippen molar-refractivity contribution in [2.75, 3.05) is 5.32 Å². The van der Waals surface area contributed by atoms with E-state index in [4.69, 9.17) is 4.74 Å². The van der Waals surface area contributed by atoms with Crippen molar-refractivity contribution < 1.29 is 14.5 Å². The van der Waals surface area contributed by atoms with Crippen molar-refractivity contribution in [3.63, 3.8) is 0 Å². The summed E-state index contributed by atoms with van der Waals surface area (Å²) < 4.78 is 5.63. The number of carbonyl (C=O) groups excluding carboxylic acids is 1. The summed E-state index contributed by atoms with van der Waals surface area (Å²) in [6.45, 7) is 1.83. The van der Waals surface area contributed by atoms with Gasteiger partial charge in [0.15, 0.2) is 6.10 Å². The molecule has 6 heteroatoms. The SMILES string of the molecule is CC[C@@H](Oc1ccccc1)C(=O)Nc1cccc([N+](=O)[O-])c1. The summed E-state index contributed by atoms with van der Waals surface area (Å²) in [6.07, 6.45) is -0.183. The van der Waals surface area contributed by atoms with E-state index in [0.29, 0.717) is 17.9 Å². The highest BCUT2D eigenvalue weighted by molar-refractivity contribution is 5.94. The molecule has 0 aliphatic heterocycles. The smallest absolute Gasteiger partial charge is 0.271 e. The Bertz CT molecular complexity index is 658. The zero-order valence-corrected chi connectivity index (χ0v) is 12.1. The first kappa shape index (κ1) is 15.5. The number of nitrogens with zero attached hydrogens (tertiary/aromatic N) is 1. The van der Waals surface area contributed by atoms with E-state index in [1.165, 1.54) is 18.2 Å². The molecule has 1 N–H and O–H groups in total. The molecular weight excluding hydrogens is 284 g/mol. The van der Waals surface area contributed by atoms with Gasteiger partial charge in [-0.2, -0.15) is 0 Å². The minimum atomic E-state index is -0.665. The van der Waals surface area contributed by atoms with Gasteiger partial charge in [-0.05, 0) is 24.6 Å². The van der Waals surface area contributed by atoms with Gasteiger partial charge >= 0.3 is 0 Å². The van der Waals surface area contributed by atoms with Crippen molar-refractivity contribution in [1.82, 2.24) is 0 Å². The molecule has 0 radical (unpaired) electrons. The minimum absolute atomic E-state index is 0.0742. The molecule has 6 nitrogen and oxygen atoms in total. The fourth-order valence-electron chi connectivity index (χ4n) is 1.91. The third-order valence-corrected chi connectivity index (χ3v) is 3.01. The Morgan fingerprint density at radius 1 is 1.23 bits per heavy atom. The number of hydrogen-bond acceptors (Lipinski definition) is 4. The largest absolute Gasteiger partial charge is 0.481 e. The van der Waals surface area contributed by atoms with E-state index in [2.05, 4.69) is 5.32 Å². The average Bonchev–Trinajstić information content (AvgIpc) is 2.53. The molecular formula is C16H16N2O4. The summed E-state index contributed by atoms with van der Waals surface area (Å²) in [5, 5.41) is 13.4. The van der Waals surface area contributed by atoms with Crippen LogP contribution >= 0.6 is 0 Å². The third kappa shape index (κ3) is 4.05. The van der Waals surface area contributed by atoms with Crippen molar-refractivity contribution in [3.8, 4) is 5.75 Å². The maximum absolute atomic E-state index is 12.2. The molecule has 0 spiro atoms. The van der Waals surface area contributed by atoms with Gasteiger partial charge in [0.2, 0.25) is 0 Å². The minimum Gasteiger partial charge on any atom is -0.481 e. The Labute approximate surface area is 127 Å². The second-order valence-corrected chi connectivity index (χ2v) is 4.62. The van der Waals surface area contributed by atoms with Crippen LogP contribution in [-0.2, 0) is 4.79 Å². The molecule has 0 unspecified atom stereocenters. The molecule has 0 saturated heterocycles. The number of nitro benzene ring substituents is 1. The number of nitrogens with one attached hydrogen (secondary N) is 1. The van der Waals surface area contributed by atoms with Gasteiger partial charge in [-0.3, -0.25) is 14.9 Å². The summed E-state index contributed by atoms with van der Waals surface area (Å²) in [7, 11) is 0. The molecule has 0 aliphatic rings. The second-order valence-electron chi connectivity index (χ2n) is 4.62. The number of non-ortho nitro benzene ring substituents is 1. The van der Waals surface area contributed by atoms with Crippen molar-refractivity contribution in [2.45, 2.75) is 19.4 Å². The third-order valence-electron chi connectivity index (χ3n) is 3.01. The van der Waals surface area contributed by atoms with Crippen LogP contribution in [0.15, 0.2) is 54.6 Å². The van der Waals surface area contributed by atoms with Gasteiger partial charge in [-0.1, -0.05) is 31.2 Å². The highest BCUT2D eigenvalue weighted by atomic mass is 16.6. The van der Waals surface area contributed by atoms with Gasteiger partial charge in [-0.15, -0.1) is 0 Å². The van der Waals surface area contributed by atoms with Crippen LogP contribution in [0.5, 0.6) is 5.75 Å². The monoisotopic (exact) mass is 300 g/mol. The van der Waals surface area contributed by atoms with Gasteiger partial charge in [0.05, 0.1) is 4.92 Å². The number of hydrogen-bond donors (Lipinski definition) is 1. The number of ether oxygens (including phenoxy) is 1. The van der Waals surface area contributed by atoms with Crippen LogP contribution in [0.2, 0.25) is 0 Å². The van der Waals surface area contributed by atoms with Crippen LogP contribution in [0.3, 0.4) is 0 Å². The van der Waals surface area contributed by atoms with Crippen molar-refractivity contribution in [1.29, 1.82) is 0 Å². The van der Waals surface area contributed by atoms with Crippen LogP contribution in [0.1, 0.15) is 13.3 Å². The summed E-state index contributed by atoms with van der Waals surface area (Å²) in [4.78, 5) is 22.5. The van der Waals surface area contributed by atoms with Crippen molar-refractivity contribution in [2.24, 2.45) is 0 Å². The number of para-hydroxylation sites is 1. The van der Waals surface area contributed by atoms with Gasteiger partial charge in [0.25, 0.3) is 11.6 Å². The molecule has 0 aliphatic carbocycles. The van der Waals surface area contributed by atoms with Gasteiger partial charge in [0.1, 0.15) is 5.75 Å². The van der Waals surface area contributed by atoms with Gasteiger partial charge < -0.3 is 10.1 Å². The van der Waals surface area contributed by atoms with E-state index < -0.39 is 11.0 Å². The maximum Gasteiger partial charge on any atom is 0.271 e. The normalized spacial score (nSPS) is 11.5. The molecule has 0 heterocycles. The van der Waals surface area contributed by atoms with Gasteiger partial charge in [-0.25, -0.2) is 0 Å². The molecule has 114 valence electrons. The number of amides is 1. The molecule has 0 fully saturated rings. The highest BCUT2D eigenvalue weighted by Crippen LogP contribution is 2.18. The van der Waals surface area contributed by atoms with E-state index in [0.717, 1.165) is 0 Å². The molecule has 2 aromatic rings. The van der Waals surface area contributed by atoms with E-state index in [9.17, 15) is 14.9 Å². The van der Waals surface area contributed by atoms with E-state index in [1.807, 2.05) is 25.1 Å². The first-order chi connectivity index (χ1) is 10.6. The summed E-state index contributed by atoms with van der Waals surface area (Å²) in [6, 6.07) is 14.8. The Morgan fingerprint density at radius 2 is 1.95 bits per heavy atom. The zero-order chi connectivity index (χ0) is 15.9. The van der Waals surface area contributed by atoms with Crippen LogP contribution in [0, 0.1) is 10.1 Å². The standard InChI is InChI=1S/C16H16N2O4/c1-2-15(22-14-9-4-3-5-10-14)16(19)17-12-7-6-8-13(11-12)18(20)21/h3-11,15H,2H2,1H3,(H,17,19)/t15-/m1/s1. The quantitative estimate of drug-likeness (QED) is 0.655. The summed E-state index contributed by atoms with van der Waals surface area (Å²) in [5.74, 6) is 0.260. The topological polar surface area (TPSA) is 81.5 Å². The lowest BCUT2D eigenvalue weighted by atomic mass is 10.2. The number of rotatable bonds is 6. The average molecular weight is 300 g/mol. The molecule has 1 atom stereocenters. The number of carbonyl (C=O) groups is 1. The molecule has 2 rings (SSSR count). The number of anilines is 1. The maximum atomic E-state index is 12.2. The predicted octanol–water partition coefficient (Wildman–Crippen LogP) is 3.39. The molecule has 2 aromatic carbocycles. The van der Waals surface area contributed by atoms with Crippen molar-refractivity contribution >= 4 is 17.3 Å². The molecule has 1 amide bonds. The van der Waals surface area contributed by atoms with Crippen LogP contribution in [0.4, 0.5) is 11.4 Å². The predicted molar refractivity (Wildman–Crippen MR) is 82.9 cm³/mol. The van der Waals surface area contributed by atoms with E-state index >= 15 is 0 Å². The van der Waals surface area contributed by atoms with Crippen LogP contribution in [0.25, 0.3) is 0 Å². The molecule has 0 bridgehead atoms. The Morgan fingerprint density at radius 3 is 2.59 bits per heavy atom. The Kier molecular flexibility index (Phi) is 5.08. The lowest BCUT2D eigenvalue weighted by molar-refractivity contribution is -0.384. The van der Waals surface area contributed by atoms with E-state index in [1.54, 1.807) is 18.2 Å².